The minimum absolute atomic E-state index is 0.0972. The fourth-order valence-electron chi connectivity index (χ4n) is 1.63. The Bertz CT molecular complexity index is 431. The third-order valence-corrected chi connectivity index (χ3v) is 2.25. The number of benzene rings is 1. The molecule has 0 atom stereocenters. The lowest BCUT2D eigenvalue weighted by Crippen LogP contribution is -1.98. The summed E-state index contributed by atoms with van der Waals surface area (Å²) >= 11 is 0. The van der Waals surface area contributed by atoms with Crippen molar-refractivity contribution >= 4 is 5.78 Å². The molecule has 0 saturated heterocycles. The largest absolute Gasteiger partial charge is 0.294 e. The maximum Gasteiger partial charge on any atom is 0.164 e. The van der Waals surface area contributed by atoms with Crippen LogP contribution in [0.4, 0.5) is 4.39 Å². The zero-order valence-electron chi connectivity index (χ0n) is 6.80. The van der Waals surface area contributed by atoms with Crippen molar-refractivity contribution in [2.75, 3.05) is 0 Å². The van der Waals surface area contributed by atoms with Gasteiger partial charge in [-0.2, -0.15) is 5.26 Å². The average molecular weight is 175 g/mol. The lowest BCUT2D eigenvalue weighted by molar-refractivity contribution is 0.0994. The van der Waals surface area contributed by atoms with Gasteiger partial charge in [-0.1, -0.05) is 6.07 Å². The van der Waals surface area contributed by atoms with Crippen LogP contribution in [0.15, 0.2) is 12.1 Å². The van der Waals surface area contributed by atoms with Gasteiger partial charge in [0.05, 0.1) is 5.56 Å². The molecule has 1 aliphatic rings. The number of ketones is 1. The van der Waals surface area contributed by atoms with Crippen molar-refractivity contribution in [1.29, 1.82) is 5.26 Å². The van der Waals surface area contributed by atoms with Crippen LogP contribution in [0.1, 0.15) is 27.9 Å². The van der Waals surface area contributed by atoms with Gasteiger partial charge in [0.2, 0.25) is 0 Å². The molecule has 0 unspecified atom stereocenters. The first-order chi connectivity index (χ1) is 6.24. The summed E-state index contributed by atoms with van der Waals surface area (Å²) in [7, 11) is 0. The summed E-state index contributed by atoms with van der Waals surface area (Å²) in [4.78, 5) is 11.3. The standard InChI is InChI=1S/C10H6FNO/c11-8-3-1-6-2-4-9(13)10(6)7(8)5-12/h1,3H,2,4H2. The number of nitrogens with zero attached hydrogens (tertiary/aromatic N) is 1. The first-order valence-corrected chi connectivity index (χ1v) is 3.98. The summed E-state index contributed by atoms with van der Waals surface area (Å²) in [5.41, 5.74) is 0.991. The van der Waals surface area contributed by atoms with E-state index in [1.807, 2.05) is 0 Å². The highest BCUT2D eigenvalue weighted by atomic mass is 19.1. The van der Waals surface area contributed by atoms with Crippen molar-refractivity contribution in [2.45, 2.75) is 12.8 Å². The van der Waals surface area contributed by atoms with Crippen molar-refractivity contribution in [3.05, 3.63) is 34.6 Å². The molecule has 0 N–H and O–H groups in total. The van der Waals surface area contributed by atoms with Crippen LogP contribution < -0.4 is 0 Å². The van der Waals surface area contributed by atoms with E-state index >= 15 is 0 Å². The van der Waals surface area contributed by atoms with Gasteiger partial charge in [0.1, 0.15) is 11.9 Å². The molecule has 2 rings (SSSR count). The Labute approximate surface area is 74.6 Å². The first-order valence-electron chi connectivity index (χ1n) is 3.98. The topological polar surface area (TPSA) is 40.9 Å². The number of carbonyl (C=O) groups is 1. The Morgan fingerprint density at radius 2 is 2.15 bits per heavy atom. The number of hydrogen-bond acceptors (Lipinski definition) is 2. The van der Waals surface area contributed by atoms with Crippen LogP contribution >= 0.6 is 0 Å². The van der Waals surface area contributed by atoms with Gasteiger partial charge in [0.15, 0.2) is 5.78 Å². The lowest BCUT2D eigenvalue weighted by atomic mass is 10.0. The predicted molar refractivity (Wildman–Crippen MR) is 43.8 cm³/mol. The first kappa shape index (κ1) is 7.93. The maximum absolute atomic E-state index is 13.0. The summed E-state index contributed by atoms with van der Waals surface area (Å²) in [5.74, 6) is -0.720. The molecule has 2 nitrogen and oxygen atoms in total. The summed E-state index contributed by atoms with van der Waals surface area (Å²) < 4.78 is 13.0. The van der Waals surface area contributed by atoms with Crippen molar-refractivity contribution in [2.24, 2.45) is 0 Å². The SMILES string of the molecule is N#Cc1c(F)ccc2c1C(=O)CC2. The van der Waals surface area contributed by atoms with Crippen molar-refractivity contribution < 1.29 is 9.18 Å². The van der Waals surface area contributed by atoms with Crippen LogP contribution in [0.2, 0.25) is 0 Å². The van der Waals surface area contributed by atoms with E-state index in [0.29, 0.717) is 18.4 Å². The average Bonchev–Trinajstić information content (AvgIpc) is 2.49. The van der Waals surface area contributed by atoms with E-state index in [1.54, 1.807) is 12.1 Å². The molecule has 0 bridgehead atoms. The minimum Gasteiger partial charge on any atom is -0.294 e. The van der Waals surface area contributed by atoms with Crippen LogP contribution in [0, 0.1) is 17.1 Å². The molecule has 1 aromatic rings. The van der Waals surface area contributed by atoms with Crippen LogP contribution in [0.5, 0.6) is 0 Å². The maximum atomic E-state index is 13.0. The fourth-order valence-corrected chi connectivity index (χ4v) is 1.63. The molecular formula is C10H6FNO. The molecule has 0 radical (unpaired) electrons. The number of fused-ring (bicyclic) bond motifs is 1. The van der Waals surface area contributed by atoms with Crippen molar-refractivity contribution in [3.63, 3.8) is 0 Å². The van der Waals surface area contributed by atoms with E-state index in [9.17, 15) is 9.18 Å². The normalized spacial score (nSPS) is 14.0. The van der Waals surface area contributed by atoms with E-state index in [1.165, 1.54) is 6.07 Å². The van der Waals surface area contributed by atoms with Gasteiger partial charge < -0.3 is 0 Å². The van der Waals surface area contributed by atoms with Gasteiger partial charge in [-0.05, 0) is 18.1 Å². The molecule has 0 saturated carbocycles. The Hall–Kier alpha value is -1.69. The highest BCUT2D eigenvalue weighted by Crippen LogP contribution is 2.26. The quantitative estimate of drug-likeness (QED) is 0.603. The van der Waals surface area contributed by atoms with Gasteiger partial charge >= 0.3 is 0 Å². The zero-order valence-corrected chi connectivity index (χ0v) is 6.80. The molecule has 0 spiro atoms. The molecule has 1 aromatic carbocycles. The third-order valence-electron chi connectivity index (χ3n) is 2.25. The van der Waals surface area contributed by atoms with Gasteiger partial charge in [-0.25, -0.2) is 4.39 Å². The Kier molecular flexibility index (Phi) is 1.63. The van der Waals surface area contributed by atoms with Crippen molar-refractivity contribution in [1.82, 2.24) is 0 Å². The number of rotatable bonds is 0. The minimum atomic E-state index is -0.600. The van der Waals surface area contributed by atoms with Gasteiger partial charge in [-0.15, -0.1) is 0 Å². The second kappa shape index (κ2) is 2.67. The number of Topliss-reactive ketones (excluding diaryl/α,β-unsaturated/α-hetero) is 1. The van der Waals surface area contributed by atoms with Crippen LogP contribution in [0.25, 0.3) is 0 Å². The zero-order chi connectivity index (χ0) is 9.42. The predicted octanol–water partition coefficient (Wildman–Crippen LogP) is 1.83. The molecule has 0 amide bonds. The Morgan fingerprint density at radius 3 is 2.85 bits per heavy atom. The fraction of sp³-hybridized carbons (Fsp3) is 0.200. The van der Waals surface area contributed by atoms with Crippen molar-refractivity contribution in [3.8, 4) is 6.07 Å². The molecule has 1 aliphatic carbocycles. The van der Waals surface area contributed by atoms with Crippen LogP contribution in [0.3, 0.4) is 0 Å². The number of hydrogen-bond donors (Lipinski definition) is 0. The van der Waals surface area contributed by atoms with E-state index in [2.05, 4.69) is 0 Å². The number of aryl methyl sites for hydroxylation is 1. The van der Waals surface area contributed by atoms with Gasteiger partial charge in [0, 0.05) is 12.0 Å². The molecule has 0 fully saturated rings. The molecular weight excluding hydrogens is 169 g/mol. The monoisotopic (exact) mass is 175 g/mol. The Morgan fingerprint density at radius 1 is 1.38 bits per heavy atom. The molecule has 0 aromatic heterocycles. The lowest BCUT2D eigenvalue weighted by Gasteiger charge is -2.00. The van der Waals surface area contributed by atoms with E-state index in [0.717, 1.165) is 5.56 Å². The summed E-state index contributed by atoms with van der Waals surface area (Å²) in [6.07, 6.45) is 1.02. The highest BCUT2D eigenvalue weighted by Gasteiger charge is 2.24. The Balaban J connectivity index is 2.76. The molecule has 64 valence electrons. The second-order valence-electron chi connectivity index (χ2n) is 2.99. The summed E-state index contributed by atoms with van der Waals surface area (Å²) in [6.45, 7) is 0. The summed E-state index contributed by atoms with van der Waals surface area (Å²) in [6, 6.07) is 4.56. The van der Waals surface area contributed by atoms with E-state index in [4.69, 9.17) is 5.26 Å². The van der Waals surface area contributed by atoms with Gasteiger partial charge in [-0.3, -0.25) is 4.79 Å². The highest BCUT2D eigenvalue weighted by molar-refractivity contribution is 6.02. The molecule has 3 heteroatoms. The third kappa shape index (κ3) is 1.03. The van der Waals surface area contributed by atoms with Crippen LogP contribution in [-0.2, 0) is 6.42 Å². The molecule has 13 heavy (non-hydrogen) atoms. The van der Waals surface area contributed by atoms with E-state index < -0.39 is 5.82 Å². The van der Waals surface area contributed by atoms with Gasteiger partial charge in [0.25, 0.3) is 0 Å². The molecule has 0 aliphatic heterocycles. The van der Waals surface area contributed by atoms with Crippen LogP contribution in [-0.4, -0.2) is 5.78 Å². The second-order valence-corrected chi connectivity index (χ2v) is 2.99. The number of nitriles is 1. The van der Waals surface area contributed by atoms with E-state index in [-0.39, 0.29) is 11.3 Å². The molecule has 0 heterocycles. The number of halogens is 1. The smallest absolute Gasteiger partial charge is 0.164 e. The summed E-state index contributed by atoms with van der Waals surface area (Å²) in [5, 5.41) is 8.66. The number of carbonyl (C=O) groups excluding carboxylic acids is 1.